The van der Waals surface area contributed by atoms with Crippen LogP contribution < -0.4 is 22.9 Å². The lowest BCUT2D eigenvalue weighted by atomic mass is 10.5. The predicted octanol–water partition coefficient (Wildman–Crippen LogP) is -1.41. The van der Waals surface area contributed by atoms with Gasteiger partial charge in [0.25, 0.3) is 0 Å². The summed E-state index contributed by atoms with van der Waals surface area (Å²) in [6.07, 6.45) is 1.81. The van der Waals surface area contributed by atoms with Gasteiger partial charge in [-0.05, 0) is 25.9 Å². The second kappa shape index (κ2) is 26.5. The molecule has 0 rings (SSSR count). The molecule has 23 heavy (non-hydrogen) atoms. The Bertz CT molecular complexity index is 175. The summed E-state index contributed by atoms with van der Waals surface area (Å²) in [5, 5.41) is 0. The third-order valence-corrected chi connectivity index (χ3v) is 2.34. The Hall–Kier alpha value is -0.360. The Labute approximate surface area is 139 Å². The van der Waals surface area contributed by atoms with Gasteiger partial charge in [0.05, 0.1) is 53.1 Å². The highest BCUT2D eigenvalue weighted by atomic mass is 16.5. The molecule has 8 N–H and O–H groups in total. The molecular formula is C14H36N4O5. The number of rotatable bonds is 17. The Balaban J connectivity index is 0. The quantitative estimate of drug-likeness (QED) is 0.185. The van der Waals surface area contributed by atoms with Crippen molar-refractivity contribution < 1.29 is 23.7 Å². The van der Waals surface area contributed by atoms with Crippen LogP contribution in [0.2, 0.25) is 0 Å². The third-order valence-electron chi connectivity index (χ3n) is 2.34. The summed E-state index contributed by atoms with van der Waals surface area (Å²) >= 11 is 0. The zero-order valence-electron chi connectivity index (χ0n) is 14.3. The molecule has 0 aliphatic rings. The van der Waals surface area contributed by atoms with Gasteiger partial charge in [0.2, 0.25) is 0 Å². The molecule has 0 aromatic carbocycles. The normalized spacial score (nSPS) is 10.4. The number of hydrogen-bond donors (Lipinski definition) is 4. The van der Waals surface area contributed by atoms with Gasteiger partial charge in [-0.15, -0.1) is 0 Å². The zero-order chi connectivity index (χ0) is 17.4. The van der Waals surface area contributed by atoms with Crippen LogP contribution in [0.25, 0.3) is 0 Å². The van der Waals surface area contributed by atoms with Crippen molar-refractivity contribution in [3.05, 3.63) is 0 Å². The fourth-order valence-electron chi connectivity index (χ4n) is 1.20. The van der Waals surface area contributed by atoms with Crippen LogP contribution in [0.5, 0.6) is 0 Å². The molecular weight excluding hydrogens is 304 g/mol. The van der Waals surface area contributed by atoms with E-state index in [1.807, 2.05) is 0 Å². The third kappa shape index (κ3) is 30.1. The van der Waals surface area contributed by atoms with Crippen LogP contribution in [0.4, 0.5) is 0 Å². The van der Waals surface area contributed by atoms with E-state index < -0.39 is 0 Å². The van der Waals surface area contributed by atoms with E-state index in [1.165, 1.54) is 0 Å². The van der Waals surface area contributed by atoms with Crippen LogP contribution in [-0.2, 0) is 23.7 Å². The van der Waals surface area contributed by atoms with E-state index in [0.717, 1.165) is 12.8 Å². The minimum Gasteiger partial charge on any atom is -0.379 e. The Kier molecular flexibility index (Phi) is 28.7. The van der Waals surface area contributed by atoms with E-state index in [0.29, 0.717) is 65.9 Å². The molecule has 0 aliphatic heterocycles. The van der Waals surface area contributed by atoms with Crippen LogP contribution in [0.15, 0.2) is 0 Å². The van der Waals surface area contributed by atoms with E-state index in [2.05, 4.69) is 0 Å². The monoisotopic (exact) mass is 340 g/mol. The lowest BCUT2D eigenvalue weighted by Gasteiger charge is -2.06. The molecule has 0 aliphatic carbocycles. The summed E-state index contributed by atoms with van der Waals surface area (Å²) in [6.45, 7) is 6.80. The molecule has 9 heteroatoms. The van der Waals surface area contributed by atoms with E-state index in [9.17, 15) is 0 Å². The summed E-state index contributed by atoms with van der Waals surface area (Å²) in [5.74, 6) is 0. The first-order valence-corrected chi connectivity index (χ1v) is 8.02. The van der Waals surface area contributed by atoms with Crippen molar-refractivity contribution in [2.24, 2.45) is 22.9 Å². The van der Waals surface area contributed by atoms with E-state index in [1.54, 1.807) is 0 Å². The number of nitrogens with two attached hydrogens (primary N) is 4. The maximum atomic E-state index is 5.31. The minimum atomic E-state index is 0.244. The van der Waals surface area contributed by atoms with Crippen molar-refractivity contribution >= 4 is 0 Å². The highest BCUT2D eigenvalue weighted by Gasteiger charge is 1.91. The molecule has 0 fully saturated rings. The standard InChI is InChI=1S/C10H24N2O3.C4H12N2O2/c11-3-1-5-13-7-9-15-10-8-14-6-2-4-12;5-3-7-1-2-8-4-6/h1-12H2;1-6H2. The van der Waals surface area contributed by atoms with Crippen molar-refractivity contribution in [3.63, 3.8) is 0 Å². The highest BCUT2D eigenvalue weighted by Crippen LogP contribution is 1.84. The van der Waals surface area contributed by atoms with Gasteiger partial charge in [-0.25, -0.2) is 0 Å². The average Bonchev–Trinajstić information content (AvgIpc) is 2.57. The second-order valence-electron chi connectivity index (χ2n) is 4.27. The van der Waals surface area contributed by atoms with Gasteiger partial charge in [0.1, 0.15) is 0 Å². The Morgan fingerprint density at radius 2 is 0.696 bits per heavy atom. The van der Waals surface area contributed by atoms with Gasteiger partial charge in [0.15, 0.2) is 0 Å². The zero-order valence-corrected chi connectivity index (χ0v) is 14.3. The van der Waals surface area contributed by atoms with Crippen LogP contribution in [0, 0.1) is 0 Å². The summed E-state index contributed by atoms with van der Waals surface area (Å²) in [6, 6.07) is 0. The first-order valence-electron chi connectivity index (χ1n) is 8.02. The Morgan fingerprint density at radius 3 is 1.00 bits per heavy atom. The molecule has 0 heterocycles. The first kappa shape index (κ1) is 24.9. The first-order chi connectivity index (χ1) is 11.3. The molecule has 9 nitrogen and oxygen atoms in total. The van der Waals surface area contributed by atoms with Gasteiger partial charge in [-0.2, -0.15) is 0 Å². The number of ether oxygens (including phenoxy) is 5. The maximum absolute atomic E-state index is 5.31. The van der Waals surface area contributed by atoms with Gasteiger partial charge in [-0.1, -0.05) is 0 Å². The van der Waals surface area contributed by atoms with Crippen LogP contribution in [0.1, 0.15) is 12.8 Å². The van der Waals surface area contributed by atoms with Crippen molar-refractivity contribution in [1.82, 2.24) is 0 Å². The maximum Gasteiger partial charge on any atom is 0.0941 e. The highest BCUT2D eigenvalue weighted by molar-refractivity contribution is 4.38. The average molecular weight is 340 g/mol. The van der Waals surface area contributed by atoms with Crippen molar-refractivity contribution in [3.8, 4) is 0 Å². The van der Waals surface area contributed by atoms with Crippen molar-refractivity contribution in [1.29, 1.82) is 0 Å². The minimum absolute atomic E-state index is 0.244. The van der Waals surface area contributed by atoms with Gasteiger partial charge in [-0.3, -0.25) is 0 Å². The van der Waals surface area contributed by atoms with Crippen LogP contribution >= 0.6 is 0 Å². The van der Waals surface area contributed by atoms with E-state index in [-0.39, 0.29) is 13.5 Å². The molecule has 0 unspecified atom stereocenters. The molecule has 0 spiro atoms. The van der Waals surface area contributed by atoms with Crippen molar-refractivity contribution in [2.75, 3.05) is 79.4 Å². The smallest absolute Gasteiger partial charge is 0.0941 e. The van der Waals surface area contributed by atoms with Crippen LogP contribution in [-0.4, -0.2) is 79.4 Å². The predicted molar refractivity (Wildman–Crippen MR) is 89.8 cm³/mol. The molecule has 0 saturated heterocycles. The number of hydrogen-bond acceptors (Lipinski definition) is 9. The molecule has 0 amide bonds. The van der Waals surface area contributed by atoms with Gasteiger partial charge >= 0.3 is 0 Å². The van der Waals surface area contributed by atoms with Gasteiger partial charge in [0, 0.05) is 13.2 Å². The summed E-state index contributed by atoms with van der Waals surface area (Å²) in [7, 11) is 0. The lowest BCUT2D eigenvalue weighted by Crippen LogP contribution is -2.13. The molecule has 0 aromatic heterocycles. The molecule has 0 atom stereocenters. The molecule has 142 valence electrons. The Morgan fingerprint density at radius 1 is 0.391 bits per heavy atom. The van der Waals surface area contributed by atoms with E-state index in [4.69, 9.17) is 46.6 Å². The van der Waals surface area contributed by atoms with Gasteiger partial charge < -0.3 is 46.6 Å². The topological polar surface area (TPSA) is 150 Å². The SMILES string of the molecule is NCCCOCCOCCOCCCN.NCOCCOCN. The summed E-state index contributed by atoms with van der Waals surface area (Å²) < 4.78 is 25.3. The second-order valence-corrected chi connectivity index (χ2v) is 4.27. The fraction of sp³-hybridized carbons (Fsp3) is 1.00. The van der Waals surface area contributed by atoms with Crippen LogP contribution in [0.3, 0.4) is 0 Å². The molecule has 0 saturated carbocycles. The lowest BCUT2D eigenvalue weighted by molar-refractivity contribution is 0.0143. The largest absolute Gasteiger partial charge is 0.379 e. The van der Waals surface area contributed by atoms with Crippen molar-refractivity contribution in [2.45, 2.75) is 12.8 Å². The summed E-state index contributed by atoms with van der Waals surface area (Å²) in [5.41, 5.74) is 20.6. The molecule has 0 radical (unpaired) electrons. The fourth-order valence-corrected chi connectivity index (χ4v) is 1.20. The molecule has 0 bridgehead atoms. The van der Waals surface area contributed by atoms with E-state index >= 15 is 0 Å². The summed E-state index contributed by atoms with van der Waals surface area (Å²) in [4.78, 5) is 0. The molecule has 0 aromatic rings.